The van der Waals surface area contributed by atoms with E-state index in [1.54, 1.807) is 11.3 Å². The Morgan fingerprint density at radius 2 is 1.97 bits per heavy atom. The third kappa shape index (κ3) is 5.77. The van der Waals surface area contributed by atoms with Crippen molar-refractivity contribution in [2.45, 2.75) is 38.3 Å². The maximum Gasteiger partial charge on any atom is 0.408 e. The molecule has 1 aliphatic carbocycles. The van der Waals surface area contributed by atoms with Gasteiger partial charge in [0.1, 0.15) is 17.4 Å². The van der Waals surface area contributed by atoms with E-state index in [9.17, 15) is 4.79 Å². The number of nitrogens with zero attached hydrogens (tertiary/aromatic N) is 1. The number of amides is 1. The van der Waals surface area contributed by atoms with Crippen molar-refractivity contribution < 1.29 is 14.3 Å². The van der Waals surface area contributed by atoms with Crippen LogP contribution in [0.4, 0.5) is 4.79 Å². The van der Waals surface area contributed by atoms with E-state index in [1.807, 2.05) is 54.6 Å². The van der Waals surface area contributed by atoms with Crippen LogP contribution in [-0.4, -0.2) is 23.6 Å². The molecular formula is C24H25ClN2O3S. The Bertz CT molecular complexity index is 992. The van der Waals surface area contributed by atoms with Gasteiger partial charge < -0.3 is 14.8 Å². The predicted molar refractivity (Wildman–Crippen MR) is 124 cm³/mol. The first-order valence-corrected chi connectivity index (χ1v) is 11.8. The van der Waals surface area contributed by atoms with E-state index in [-0.39, 0.29) is 12.6 Å². The van der Waals surface area contributed by atoms with E-state index in [0.29, 0.717) is 12.5 Å². The second kappa shape index (κ2) is 10.6. The van der Waals surface area contributed by atoms with Gasteiger partial charge in [0, 0.05) is 16.3 Å². The number of carbonyl (C=O) groups is 1. The summed E-state index contributed by atoms with van der Waals surface area (Å²) in [5.41, 5.74) is 2.98. The van der Waals surface area contributed by atoms with E-state index in [4.69, 9.17) is 26.1 Å². The summed E-state index contributed by atoms with van der Waals surface area (Å²) in [6.07, 6.45) is 3.29. The number of thiazole rings is 1. The molecule has 0 bridgehead atoms. The molecule has 2 aromatic carbocycles. The molecule has 4 rings (SSSR count). The Hall–Kier alpha value is -2.57. The molecule has 5 nitrogen and oxygen atoms in total. The van der Waals surface area contributed by atoms with Crippen LogP contribution in [0.25, 0.3) is 10.6 Å². The van der Waals surface area contributed by atoms with Gasteiger partial charge >= 0.3 is 6.09 Å². The molecule has 1 heterocycles. The lowest BCUT2D eigenvalue weighted by molar-refractivity contribution is 0.134. The SMILES string of the molecule is O=C(NC1CCCc2sc(-c3ccc(OCCCCl)cc3)nc21)OCc1ccccc1. The van der Waals surface area contributed by atoms with Crippen LogP contribution in [0.15, 0.2) is 54.6 Å². The summed E-state index contributed by atoms with van der Waals surface area (Å²) >= 11 is 7.39. The molecule has 0 spiro atoms. The van der Waals surface area contributed by atoms with Crippen molar-refractivity contribution in [2.75, 3.05) is 12.5 Å². The standard InChI is InChI=1S/C24H25ClN2O3S/c25-14-5-15-29-19-12-10-18(11-13-19)23-27-22-20(8-4-9-21(22)31-23)26-24(28)30-16-17-6-2-1-3-7-17/h1-3,6-7,10-13,20H,4-5,8-9,14-16H2,(H,26,28). The average Bonchev–Trinajstić information content (AvgIpc) is 3.25. The number of nitrogens with one attached hydrogen (secondary N) is 1. The first kappa shape index (κ1) is 21.7. The van der Waals surface area contributed by atoms with Gasteiger partial charge in [-0.2, -0.15) is 0 Å². The maximum absolute atomic E-state index is 12.3. The lowest BCUT2D eigenvalue weighted by Crippen LogP contribution is -2.31. The molecule has 0 saturated carbocycles. The maximum atomic E-state index is 12.3. The smallest absolute Gasteiger partial charge is 0.408 e. The fraction of sp³-hybridized carbons (Fsp3) is 0.333. The van der Waals surface area contributed by atoms with Gasteiger partial charge in [-0.1, -0.05) is 30.3 Å². The summed E-state index contributed by atoms with van der Waals surface area (Å²) < 4.78 is 11.1. The average molecular weight is 457 g/mol. The lowest BCUT2D eigenvalue weighted by Gasteiger charge is -2.22. The van der Waals surface area contributed by atoms with Gasteiger partial charge in [-0.25, -0.2) is 9.78 Å². The summed E-state index contributed by atoms with van der Waals surface area (Å²) in [4.78, 5) is 18.4. The van der Waals surface area contributed by atoms with Crippen LogP contribution >= 0.6 is 22.9 Å². The number of fused-ring (bicyclic) bond motifs is 1. The second-order valence-electron chi connectivity index (χ2n) is 7.39. The fourth-order valence-corrected chi connectivity index (χ4v) is 4.81. The summed E-state index contributed by atoms with van der Waals surface area (Å²) in [7, 11) is 0. The minimum atomic E-state index is -0.408. The minimum absolute atomic E-state index is 0.116. The molecule has 1 unspecified atom stereocenters. The van der Waals surface area contributed by atoms with Crippen LogP contribution in [0.5, 0.6) is 5.75 Å². The number of benzene rings is 2. The first-order valence-electron chi connectivity index (χ1n) is 10.5. The molecule has 1 N–H and O–H groups in total. The van der Waals surface area contributed by atoms with E-state index in [0.717, 1.165) is 53.3 Å². The highest BCUT2D eigenvalue weighted by atomic mass is 35.5. The molecule has 1 amide bonds. The van der Waals surface area contributed by atoms with E-state index in [2.05, 4.69) is 5.32 Å². The molecule has 0 fully saturated rings. The molecule has 31 heavy (non-hydrogen) atoms. The Morgan fingerprint density at radius 1 is 1.16 bits per heavy atom. The van der Waals surface area contributed by atoms with Crippen LogP contribution in [-0.2, 0) is 17.8 Å². The van der Waals surface area contributed by atoms with Crippen molar-refractivity contribution in [3.63, 3.8) is 0 Å². The number of ether oxygens (including phenoxy) is 2. The van der Waals surface area contributed by atoms with Crippen molar-refractivity contribution in [2.24, 2.45) is 0 Å². The highest BCUT2D eigenvalue weighted by molar-refractivity contribution is 7.15. The summed E-state index contributed by atoms with van der Waals surface area (Å²) in [5.74, 6) is 1.42. The zero-order chi connectivity index (χ0) is 21.5. The molecule has 0 saturated heterocycles. The molecular weight excluding hydrogens is 432 g/mol. The third-order valence-corrected chi connectivity index (χ3v) is 6.55. The number of hydrogen-bond donors (Lipinski definition) is 1. The van der Waals surface area contributed by atoms with Gasteiger partial charge in [0.15, 0.2) is 0 Å². The Kier molecular flexibility index (Phi) is 7.43. The van der Waals surface area contributed by atoms with Gasteiger partial charge in [-0.05, 0) is 55.5 Å². The quantitative estimate of drug-likeness (QED) is 0.327. The molecule has 1 atom stereocenters. The highest BCUT2D eigenvalue weighted by Crippen LogP contribution is 2.37. The van der Waals surface area contributed by atoms with Crippen molar-refractivity contribution in [3.05, 3.63) is 70.7 Å². The summed E-state index contributed by atoms with van der Waals surface area (Å²) in [6.45, 7) is 0.871. The van der Waals surface area contributed by atoms with Gasteiger partial charge in [0.2, 0.25) is 0 Å². The third-order valence-electron chi connectivity index (χ3n) is 5.11. The predicted octanol–water partition coefficient (Wildman–Crippen LogP) is 6.12. The lowest BCUT2D eigenvalue weighted by atomic mass is 9.98. The van der Waals surface area contributed by atoms with Crippen LogP contribution in [0, 0.1) is 0 Å². The minimum Gasteiger partial charge on any atom is -0.494 e. The van der Waals surface area contributed by atoms with Gasteiger partial charge in [-0.3, -0.25) is 0 Å². The number of aromatic nitrogens is 1. The molecule has 1 aromatic heterocycles. The first-order chi connectivity index (χ1) is 15.2. The zero-order valence-electron chi connectivity index (χ0n) is 17.2. The summed E-state index contributed by atoms with van der Waals surface area (Å²) in [6, 6.07) is 17.5. The number of rotatable bonds is 8. The number of hydrogen-bond acceptors (Lipinski definition) is 5. The van der Waals surface area contributed by atoms with E-state index in [1.165, 1.54) is 4.88 Å². The second-order valence-corrected chi connectivity index (χ2v) is 8.86. The molecule has 0 radical (unpaired) electrons. The van der Waals surface area contributed by atoms with Crippen molar-refractivity contribution in [1.29, 1.82) is 0 Å². The van der Waals surface area contributed by atoms with Crippen molar-refractivity contribution >= 4 is 29.0 Å². The Balaban J connectivity index is 1.39. The zero-order valence-corrected chi connectivity index (χ0v) is 18.8. The van der Waals surface area contributed by atoms with E-state index < -0.39 is 6.09 Å². The Morgan fingerprint density at radius 3 is 2.74 bits per heavy atom. The summed E-state index contributed by atoms with van der Waals surface area (Å²) in [5, 5.41) is 3.96. The molecule has 7 heteroatoms. The molecule has 162 valence electrons. The number of alkyl carbamates (subject to hydrolysis) is 1. The number of halogens is 1. The monoisotopic (exact) mass is 456 g/mol. The molecule has 0 aliphatic heterocycles. The normalized spacial score (nSPS) is 15.2. The van der Waals surface area contributed by atoms with Gasteiger partial charge in [-0.15, -0.1) is 22.9 Å². The van der Waals surface area contributed by atoms with Gasteiger partial charge in [0.05, 0.1) is 18.3 Å². The Labute approximate surface area is 191 Å². The number of alkyl halides is 1. The van der Waals surface area contributed by atoms with Crippen LogP contribution < -0.4 is 10.1 Å². The topological polar surface area (TPSA) is 60.5 Å². The fourth-order valence-electron chi connectivity index (χ4n) is 3.53. The van der Waals surface area contributed by atoms with Gasteiger partial charge in [0.25, 0.3) is 0 Å². The number of aryl methyl sites for hydroxylation is 1. The highest BCUT2D eigenvalue weighted by Gasteiger charge is 2.27. The van der Waals surface area contributed by atoms with Crippen LogP contribution in [0.2, 0.25) is 0 Å². The molecule has 3 aromatic rings. The van der Waals surface area contributed by atoms with Crippen molar-refractivity contribution in [1.82, 2.24) is 10.3 Å². The van der Waals surface area contributed by atoms with E-state index >= 15 is 0 Å². The molecule has 1 aliphatic rings. The largest absolute Gasteiger partial charge is 0.494 e. The van der Waals surface area contributed by atoms with Crippen molar-refractivity contribution in [3.8, 4) is 16.3 Å². The number of carbonyl (C=O) groups excluding carboxylic acids is 1. The van der Waals surface area contributed by atoms with Crippen LogP contribution in [0.3, 0.4) is 0 Å². The van der Waals surface area contributed by atoms with Crippen LogP contribution in [0.1, 0.15) is 41.4 Å².